The van der Waals surface area contributed by atoms with E-state index in [4.69, 9.17) is 10.5 Å². The minimum atomic E-state index is 0.00667. The lowest BCUT2D eigenvalue weighted by Gasteiger charge is -2.31. The number of nitrogens with two attached hydrogens (primary N) is 1. The van der Waals surface area contributed by atoms with Gasteiger partial charge in [-0.1, -0.05) is 6.42 Å². The van der Waals surface area contributed by atoms with Crippen LogP contribution in [0.3, 0.4) is 0 Å². The summed E-state index contributed by atoms with van der Waals surface area (Å²) < 4.78 is 5.31. The van der Waals surface area contributed by atoms with Crippen molar-refractivity contribution in [3.63, 3.8) is 0 Å². The Kier molecular flexibility index (Phi) is 4.18. The summed E-state index contributed by atoms with van der Waals surface area (Å²) >= 11 is 0. The highest BCUT2D eigenvalue weighted by atomic mass is 16.5. The number of hydrogen-bond acceptors (Lipinski definition) is 4. The zero-order valence-electron chi connectivity index (χ0n) is 9.86. The second-order valence-corrected chi connectivity index (χ2v) is 5.02. The van der Waals surface area contributed by atoms with Gasteiger partial charge in [0.2, 0.25) is 0 Å². The van der Waals surface area contributed by atoms with E-state index in [-0.39, 0.29) is 11.9 Å². The molecular formula is C12H22N2O2. The maximum atomic E-state index is 11.5. The summed E-state index contributed by atoms with van der Waals surface area (Å²) in [6.45, 7) is 3.29. The van der Waals surface area contributed by atoms with Crippen molar-refractivity contribution in [3.05, 3.63) is 0 Å². The monoisotopic (exact) mass is 226 g/mol. The predicted molar refractivity (Wildman–Crippen MR) is 61.7 cm³/mol. The van der Waals surface area contributed by atoms with Crippen LogP contribution in [0, 0.1) is 11.8 Å². The van der Waals surface area contributed by atoms with E-state index in [1.54, 1.807) is 0 Å². The highest BCUT2D eigenvalue weighted by Gasteiger charge is 2.27. The molecule has 0 bridgehead atoms. The summed E-state index contributed by atoms with van der Waals surface area (Å²) in [5.41, 5.74) is 5.63. The Hall–Kier alpha value is -0.610. The van der Waals surface area contributed by atoms with Crippen LogP contribution in [0.5, 0.6) is 0 Å². The molecule has 2 rings (SSSR count). The van der Waals surface area contributed by atoms with Crippen molar-refractivity contribution < 1.29 is 9.53 Å². The van der Waals surface area contributed by atoms with Crippen molar-refractivity contribution in [1.29, 1.82) is 0 Å². The third-order valence-electron chi connectivity index (χ3n) is 3.87. The van der Waals surface area contributed by atoms with Crippen LogP contribution in [0.4, 0.5) is 0 Å². The van der Waals surface area contributed by atoms with Gasteiger partial charge in [0.05, 0.1) is 5.92 Å². The predicted octanol–water partition coefficient (Wildman–Crippen LogP) is 0.958. The van der Waals surface area contributed by atoms with E-state index in [1.807, 2.05) is 0 Å². The number of rotatable bonds is 4. The lowest BCUT2D eigenvalue weighted by molar-refractivity contribution is -0.157. The highest BCUT2D eigenvalue weighted by Crippen LogP contribution is 2.27. The minimum Gasteiger partial charge on any atom is -0.449 e. The van der Waals surface area contributed by atoms with Gasteiger partial charge >= 0.3 is 5.97 Å². The molecule has 92 valence electrons. The van der Waals surface area contributed by atoms with Crippen molar-refractivity contribution in [2.75, 3.05) is 26.4 Å². The largest absolute Gasteiger partial charge is 0.449 e. The van der Waals surface area contributed by atoms with Crippen molar-refractivity contribution in [2.24, 2.45) is 17.6 Å². The molecule has 2 aliphatic rings. The Labute approximate surface area is 97.1 Å². The van der Waals surface area contributed by atoms with Gasteiger partial charge < -0.3 is 10.5 Å². The van der Waals surface area contributed by atoms with Crippen LogP contribution < -0.4 is 5.73 Å². The summed E-state index contributed by atoms with van der Waals surface area (Å²) in [5, 5.41) is 0. The average molecular weight is 226 g/mol. The molecule has 4 nitrogen and oxygen atoms in total. The van der Waals surface area contributed by atoms with E-state index in [2.05, 4.69) is 4.90 Å². The van der Waals surface area contributed by atoms with E-state index in [0.29, 0.717) is 12.6 Å². The molecule has 1 saturated carbocycles. The quantitative estimate of drug-likeness (QED) is 0.725. The number of likely N-dealkylation sites (tertiary alicyclic amines) is 1. The Morgan fingerprint density at radius 2 is 1.94 bits per heavy atom. The van der Waals surface area contributed by atoms with E-state index in [9.17, 15) is 4.79 Å². The van der Waals surface area contributed by atoms with E-state index < -0.39 is 0 Å². The van der Waals surface area contributed by atoms with Crippen molar-refractivity contribution in [2.45, 2.75) is 32.1 Å². The molecule has 0 amide bonds. The summed E-state index contributed by atoms with van der Waals surface area (Å²) in [6, 6.07) is 0. The Balaban J connectivity index is 1.61. The van der Waals surface area contributed by atoms with Gasteiger partial charge in [-0.05, 0) is 38.1 Å². The van der Waals surface area contributed by atoms with E-state index in [0.717, 1.165) is 45.3 Å². The molecule has 2 N–H and O–H groups in total. The number of piperidine rings is 1. The first-order valence-electron chi connectivity index (χ1n) is 6.38. The van der Waals surface area contributed by atoms with Crippen molar-refractivity contribution in [1.82, 2.24) is 4.90 Å². The Morgan fingerprint density at radius 1 is 1.25 bits per heavy atom. The topological polar surface area (TPSA) is 55.6 Å². The lowest BCUT2D eigenvalue weighted by Crippen LogP contribution is -2.39. The molecule has 4 heteroatoms. The molecule has 0 aromatic rings. The van der Waals surface area contributed by atoms with Crippen LogP contribution in [0.2, 0.25) is 0 Å². The van der Waals surface area contributed by atoms with Crippen molar-refractivity contribution >= 4 is 5.97 Å². The van der Waals surface area contributed by atoms with Gasteiger partial charge in [-0.25, -0.2) is 0 Å². The van der Waals surface area contributed by atoms with Crippen molar-refractivity contribution in [3.8, 4) is 0 Å². The maximum Gasteiger partial charge on any atom is 0.310 e. The Morgan fingerprint density at radius 3 is 2.44 bits per heavy atom. The first-order valence-corrected chi connectivity index (χ1v) is 6.38. The molecule has 1 aliphatic heterocycles. The second kappa shape index (κ2) is 5.64. The third kappa shape index (κ3) is 2.95. The molecule has 0 atom stereocenters. The molecule has 1 heterocycles. The SMILES string of the molecule is NCC1CCN(COC(=O)C2CCC2)CC1. The molecule has 0 aromatic heterocycles. The fraction of sp³-hybridized carbons (Fsp3) is 0.917. The molecule has 0 radical (unpaired) electrons. The maximum absolute atomic E-state index is 11.5. The minimum absolute atomic E-state index is 0.00667. The fourth-order valence-electron chi connectivity index (χ4n) is 2.27. The number of carbonyl (C=O) groups excluding carboxylic acids is 1. The Bertz CT molecular complexity index is 233. The van der Waals surface area contributed by atoms with Gasteiger partial charge in [0.15, 0.2) is 0 Å². The fourth-order valence-corrected chi connectivity index (χ4v) is 2.27. The molecule has 16 heavy (non-hydrogen) atoms. The first kappa shape index (κ1) is 11.9. The summed E-state index contributed by atoms with van der Waals surface area (Å²) in [6.07, 6.45) is 5.50. The molecule has 0 unspecified atom stereocenters. The number of ether oxygens (including phenoxy) is 1. The van der Waals surface area contributed by atoms with E-state index >= 15 is 0 Å². The molecule has 0 spiro atoms. The smallest absolute Gasteiger partial charge is 0.310 e. The summed E-state index contributed by atoms with van der Waals surface area (Å²) in [7, 11) is 0. The number of carbonyl (C=O) groups is 1. The summed E-state index contributed by atoms with van der Waals surface area (Å²) in [5.74, 6) is 0.868. The standard InChI is InChI=1S/C12H22N2O2/c13-8-10-4-6-14(7-5-10)9-16-12(15)11-2-1-3-11/h10-11H,1-9,13H2. The van der Waals surface area contributed by atoms with Gasteiger partial charge in [0, 0.05) is 13.1 Å². The lowest BCUT2D eigenvalue weighted by atomic mass is 9.86. The van der Waals surface area contributed by atoms with Crippen LogP contribution in [0.1, 0.15) is 32.1 Å². The molecule has 1 saturated heterocycles. The highest BCUT2D eigenvalue weighted by molar-refractivity contribution is 5.73. The number of esters is 1. The average Bonchev–Trinajstić information content (AvgIpc) is 2.25. The number of nitrogens with zero attached hydrogens (tertiary/aromatic N) is 1. The van der Waals surface area contributed by atoms with Crippen LogP contribution in [0.15, 0.2) is 0 Å². The zero-order valence-corrected chi connectivity index (χ0v) is 9.86. The van der Waals surface area contributed by atoms with Crippen LogP contribution in [-0.4, -0.2) is 37.2 Å². The second-order valence-electron chi connectivity index (χ2n) is 5.02. The van der Waals surface area contributed by atoms with Gasteiger partial charge in [0.25, 0.3) is 0 Å². The number of hydrogen-bond donors (Lipinski definition) is 1. The third-order valence-corrected chi connectivity index (χ3v) is 3.87. The van der Waals surface area contributed by atoms with Gasteiger partial charge in [-0.2, -0.15) is 0 Å². The van der Waals surface area contributed by atoms with E-state index in [1.165, 1.54) is 6.42 Å². The normalized spacial score (nSPS) is 24.1. The first-order chi connectivity index (χ1) is 7.79. The van der Waals surface area contributed by atoms with Gasteiger partial charge in [-0.15, -0.1) is 0 Å². The summed E-state index contributed by atoms with van der Waals surface area (Å²) in [4.78, 5) is 13.7. The zero-order chi connectivity index (χ0) is 11.4. The molecule has 2 fully saturated rings. The van der Waals surface area contributed by atoms with Gasteiger partial charge in [0.1, 0.15) is 6.73 Å². The molecule has 0 aromatic carbocycles. The molecule has 1 aliphatic carbocycles. The van der Waals surface area contributed by atoms with Crippen LogP contribution in [0.25, 0.3) is 0 Å². The van der Waals surface area contributed by atoms with Gasteiger partial charge in [-0.3, -0.25) is 9.69 Å². The molecular weight excluding hydrogens is 204 g/mol. The van der Waals surface area contributed by atoms with Crippen LogP contribution >= 0.6 is 0 Å². The van der Waals surface area contributed by atoms with Crippen LogP contribution in [-0.2, 0) is 9.53 Å².